The largest absolute Gasteiger partial charge is 0.394 e. The van der Waals surface area contributed by atoms with Gasteiger partial charge in [-0.05, 0) is 131 Å². The highest BCUT2D eigenvalue weighted by atomic mass is 16.3. The van der Waals surface area contributed by atoms with E-state index < -0.39 is 6.10 Å². The predicted octanol–water partition coefficient (Wildman–Crippen LogP) is 7.86. The molecule has 10 atom stereocenters. The third-order valence-corrected chi connectivity index (χ3v) is 16.5. The van der Waals surface area contributed by atoms with E-state index in [2.05, 4.69) is 62.3 Å². The molecule has 0 amide bonds. The van der Waals surface area contributed by atoms with Crippen LogP contribution in [0, 0.1) is 67.0 Å². The van der Waals surface area contributed by atoms with Crippen LogP contribution >= 0.6 is 0 Å². The summed E-state index contributed by atoms with van der Waals surface area (Å²) in [6.45, 7) is 23.9. The van der Waals surface area contributed by atoms with Crippen LogP contribution in [0.3, 0.4) is 0 Å². The third kappa shape index (κ3) is 2.18. The molecule has 0 spiro atoms. The minimum absolute atomic E-state index is 0.0794. The second-order valence-electron chi connectivity index (χ2n) is 17.1. The molecule has 0 aromatic heterocycles. The molecule has 2 N–H and O–H groups in total. The van der Waals surface area contributed by atoms with Gasteiger partial charge >= 0.3 is 0 Å². The molecule has 0 aliphatic heterocycles. The molecule has 9 aliphatic carbocycles. The van der Waals surface area contributed by atoms with Gasteiger partial charge in [-0.3, -0.25) is 0 Å². The molecule has 2 heteroatoms. The summed E-state index contributed by atoms with van der Waals surface area (Å²) < 4.78 is 0. The Morgan fingerprint density at radius 1 is 0.686 bits per heavy atom. The van der Waals surface area contributed by atoms with Gasteiger partial charge < -0.3 is 10.2 Å². The Morgan fingerprint density at radius 3 is 1.74 bits per heavy atom. The average molecular weight is 485 g/mol. The van der Waals surface area contributed by atoms with E-state index in [0.717, 1.165) is 30.1 Å². The molecule has 2 nitrogen and oxygen atoms in total. The predicted molar refractivity (Wildman–Crippen MR) is 144 cm³/mol. The lowest BCUT2D eigenvalue weighted by Gasteiger charge is -2.93. The van der Waals surface area contributed by atoms with E-state index in [4.69, 9.17) is 0 Å². The van der Waals surface area contributed by atoms with Gasteiger partial charge in [0.25, 0.3) is 0 Å². The van der Waals surface area contributed by atoms with E-state index >= 15 is 0 Å². The highest BCUT2D eigenvalue weighted by molar-refractivity contribution is 5.38. The SMILES string of the molecule is CC1CCC2CC1(C1(C)CCC3CC1(C14CC(CCC1(C)CC(O)CO)C4(C)C)C3(C)C)C2(C)C. The van der Waals surface area contributed by atoms with Crippen molar-refractivity contribution >= 4 is 0 Å². The van der Waals surface area contributed by atoms with Gasteiger partial charge in [-0.25, -0.2) is 0 Å². The zero-order chi connectivity index (χ0) is 25.7. The Hall–Kier alpha value is -0.0800. The average Bonchev–Trinajstić information content (AvgIpc) is 2.78. The number of fused-ring (bicyclic) bond motifs is 6. The van der Waals surface area contributed by atoms with Crippen molar-refractivity contribution in [3.63, 3.8) is 0 Å². The molecule has 0 heterocycles. The third-order valence-electron chi connectivity index (χ3n) is 16.5. The maximum atomic E-state index is 10.9. The Morgan fingerprint density at radius 2 is 1.23 bits per heavy atom. The van der Waals surface area contributed by atoms with Crippen LogP contribution in [0.5, 0.6) is 0 Å². The first kappa shape index (κ1) is 25.2. The van der Waals surface area contributed by atoms with E-state index in [1.807, 2.05) is 0 Å². The lowest BCUT2D eigenvalue weighted by molar-refractivity contribution is -0.457. The second-order valence-corrected chi connectivity index (χ2v) is 17.1. The van der Waals surface area contributed by atoms with Crippen LogP contribution in [0.2, 0.25) is 0 Å². The normalized spacial score (nSPS) is 57.3. The van der Waals surface area contributed by atoms with Crippen molar-refractivity contribution in [2.45, 2.75) is 133 Å². The summed E-state index contributed by atoms with van der Waals surface area (Å²) >= 11 is 0. The maximum Gasteiger partial charge on any atom is 0.0776 e. The Labute approximate surface area is 216 Å². The van der Waals surface area contributed by atoms with Crippen LogP contribution in [-0.4, -0.2) is 22.9 Å². The highest BCUT2D eigenvalue weighted by Gasteiger charge is 2.90. The fraction of sp³-hybridized carbons (Fsp3) is 1.00. The maximum absolute atomic E-state index is 10.9. The standard InChI is InChI=1S/C33H56O2/c1-21-10-11-22-16-31(21,26(22,2)3)30(9)15-13-24-18-33(30,28(24,6)7)32-17-23(27(32,4)5)12-14-29(32,8)19-25(35)20-34/h21-25,34-35H,10-20H2,1-9H3. The van der Waals surface area contributed by atoms with Gasteiger partial charge in [-0.1, -0.05) is 62.3 Å². The minimum Gasteiger partial charge on any atom is -0.394 e. The highest BCUT2D eigenvalue weighted by Crippen LogP contribution is 2.96. The van der Waals surface area contributed by atoms with Crippen LogP contribution in [0.1, 0.15) is 127 Å². The van der Waals surface area contributed by atoms with Crippen LogP contribution in [-0.2, 0) is 0 Å². The molecule has 10 unspecified atom stereocenters. The summed E-state index contributed by atoms with van der Waals surface area (Å²) in [4.78, 5) is 0. The van der Waals surface area contributed by atoms with Gasteiger partial charge in [-0.15, -0.1) is 0 Å². The van der Waals surface area contributed by atoms with Crippen LogP contribution in [0.15, 0.2) is 0 Å². The van der Waals surface area contributed by atoms with Gasteiger partial charge in [-0.2, -0.15) is 0 Å². The number of aliphatic hydroxyl groups is 2. The Kier molecular flexibility index (Phi) is 4.85. The minimum atomic E-state index is -0.591. The summed E-state index contributed by atoms with van der Waals surface area (Å²) in [6, 6.07) is 0. The summed E-state index contributed by atoms with van der Waals surface area (Å²) in [5.41, 5.74) is 2.40. The van der Waals surface area contributed by atoms with Gasteiger partial charge in [0.1, 0.15) is 0 Å². The molecule has 9 saturated carbocycles. The van der Waals surface area contributed by atoms with Crippen molar-refractivity contribution in [1.82, 2.24) is 0 Å². The lowest BCUT2D eigenvalue weighted by atomic mass is 9.11. The first-order chi connectivity index (χ1) is 16.1. The zero-order valence-electron chi connectivity index (χ0n) is 24.6. The van der Waals surface area contributed by atoms with E-state index in [9.17, 15) is 10.2 Å². The first-order valence-electron chi connectivity index (χ1n) is 15.4. The van der Waals surface area contributed by atoms with Crippen molar-refractivity contribution in [2.24, 2.45) is 67.0 Å². The molecule has 0 radical (unpaired) electrons. The number of hydrogen-bond donors (Lipinski definition) is 2. The van der Waals surface area contributed by atoms with Crippen LogP contribution in [0.4, 0.5) is 0 Å². The van der Waals surface area contributed by atoms with Gasteiger partial charge in [0, 0.05) is 0 Å². The Balaban J connectivity index is 1.61. The van der Waals surface area contributed by atoms with E-state index in [0.29, 0.717) is 27.1 Å². The second kappa shape index (κ2) is 6.73. The van der Waals surface area contributed by atoms with Crippen molar-refractivity contribution in [3.8, 4) is 0 Å². The van der Waals surface area contributed by atoms with Gasteiger partial charge in [0.2, 0.25) is 0 Å². The molecule has 35 heavy (non-hydrogen) atoms. The van der Waals surface area contributed by atoms with Crippen molar-refractivity contribution in [1.29, 1.82) is 0 Å². The summed E-state index contributed by atoms with van der Waals surface area (Å²) in [5, 5.41) is 20.9. The van der Waals surface area contributed by atoms with Crippen molar-refractivity contribution in [3.05, 3.63) is 0 Å². The van der Waals surface area contributed by atoms with Gasteiger partial charge in [0.05, 0.1) is 12.7 Å². The van der Waals surface area contributed by atoms with Crippen molar-refractivity contribution < 1.29 is 10.2 Å². The fourth-order valence-electron chi connectivity index (χ4n) is 15.0. The first-order valence-corrected chi connectivity index (χ1v) is 15.4. The summed E-state index contributed by atoms with van der Waals surface area (Å²) in [6.07, 6.45) is 12.6. The van der Waals surface area contributed by atoms with Crippen LogP contribution in [0.25, 0.3) is 0 Å². The molecule has 6 bridgehead atoms. The van der Waals surface area contributed by atoms with E-state index in [1.165, 1.54) is 57.8 Å². The molecule has 9 rings (SSSR count). The number of hydrogen-bond acceptors (Lipinski definition) is 2. The topological polar surface area (TPSA) is 40.5 Å². The molecule has 0 saturated heterocycles. The Bertz CT molecular complexity index is 918. The number of rotatable bonds is 5. The van der Waals surface area contributed by atoms with Crippen LogP contribution < -0.4 is 0 Å². The zero-order valence-corrected chi connectivity index (χ0v) is 24.6. The molecule has 0 aromatic rings. The number of aliphatic hydroxyl groups excluding tert-OH is 2. The summed E-state index contributed by atoms with van der Waals surface area (Å²) in [5.74, 6) is 3.37. The van der Waals surface area contributed by atoms with E-state index in [1.54, 1.807) is 0 Å². The molecule has 200 valence electrons. The molecule has 9 aliphatic rings. The molecule has 9 fully saturated rings. The molecular weight excluding hydrogens is 428 g/mol. The van der Waals surface area contributed by atoms with Crippen molar-refractivity contribution in [2.75, 3.05) is 6.61 Å². The monoisotopic (exact) mass is 484 g/mol. The quantitative estimate of drug-likeness (QED) is 0.417. The smallest absolute Gasteiger partial charge is 0.0776 e. The fourth-order valence-corrected chi connectivity index (χ4v) is 15.0. The molecular formula is C33H56O2. The van der Waals surface area contributed by atoms with Gasteiger partial charge in [0.15, 0.2) is 0 Å². The molecule has 0 aromatic carbocycles. The summed E-state index contributed by atoms with van der Waals surface area (Å²) in [7, 11) is 0. The van der Waals surface area contributed by atoms with E-state index in [-0.39, 0.29) is 22.9 Å². The lowest BCUT2D eigenvalue weighted by Crippen LogP contribution is -2.87.